The third-order valence-electron chi connectivity index (χ3n) is 5.24. The molecule has 128 valence electrons. The average Bonchev–Trinajstić information content (AvgIpc) is 2.62. The van der Waals surface area contributed by atoms with Gasteiger partial charge in [-0.2, -0.15) is 0 Å². The van der Waals surface area contributed by atoms with Crippen LogP contribution in [0.15, 0.2) is 30.3 Å². The fraction of sp³-hybridized carbons (Fsp3) is 0.684. The Bertz CT molecular complexity index is 445. The predicted octanol–water partition coefficient (Wildman–Crippen LogP) is 1.91. The number of nitrogens with zero attached hydrogens (tertiary/aromatic N) is 3. The van der Waals surface area contributed by atoms with Crippen molar-refractivity contribution < 1.29 is 4.74 Å². The second-order valence-electron chi connectivity index (χ2n) is 6.90. The summed E-state index contributed by atoms with van der Waals surface area (Å²) in [7, 11) is 1.85. The van der Waals surface area contributed by atoms with Gasteiger partial charge in [-0.3, -0.25) is 14.7 Å². The number of ether oxygens (including phenoxy) is 1. The summed E-state index contributed by atoms with van der Waals surface area (Å²) in [6.07, 6.45) is 2.96. The Kier molecular flexibility index (Phi) is 6.46. The van der Waals surface area contributed by atoms with Gasteiger partial charge in [-0.1, -0.05) is 30.3 Å². The molecule has 23 heavy (non-hydrogen) atoms. The number of rotatable bonds is 6. The molecule has 2 heterocycles. The van der Waals surface area contributed by atoms with Crippen molar-refractivity contribution in [3.63, 3.8) is 0 Å². The van der Waals surface area contributed by atoms with Gasteiger partial charge in [0.15, 0.2) is 0 Å². The zero-order valence-electron chi connectivity index (χ0n) is 14.5. The molecule has 1 atom stereocenters. The lowest BCUT2D eigenvalue weighted by Crippen LogP contribution is -2.49. The monoisotopic (exact) mass is 317 g/mol. The van der Waals surface area contributed by atoms with Crippen LogP contribution in [0.5, 0.6) is 0 Å². The normalized spacial score (nSPS) is 24.8. The summed E-state index contributed by atoms with van der Waals surface area (Å²) >= 11 is 0. The highest BCUT2D eigenvalue weighted by molar-refractivity contribution is 5.14. The Morgan fingerprint density at radius 1 is 0.913 bits per heavy atom. The quantitative estimate of drug-likeness (QED) is 0.798. The molecule has 0 bridgehead atoms. The minimum absolute atomic E-state index is 0.450. The van der Waals surface area contributed by atoms with Crippen molar-refractivity contribution in [1.82, 2.24) is 14.7 Å². The largest absolute Gasteiger partial charge is 0.380 e. The van der Waals surface area contributed by atoms with Crippen molar-refractivity contribution in [2.45, 2.75) is 25.5 Å². The maximum atomic E-state index is 5.52. The van der Waals surface area contributed by atoms with E-state index in [-0.39, 0.29) is 0 Å². The average molecular weight is 317 g/mol. The van der Waals surface area contributed by atoms with Crippen LogP contribution >= 0.6 is 0 Å². The molecule has 4 nitrogen and oxygen atoms in total. The Morgan fingerprint density at radius 2 is 1.61 bits per heavy atom. The van der Waals surface area contributed by atoms with Crippen LogP contribution in [0.2, 0.25) is 0 Å². The van der Waals surface area contributed by atoms with Crippen molar-refractivity contribution in [1.29, 1.82) is 0 Å². The van der Waals surface area contributed by atoms with E-state index in [1.54, 1.807) is 0 Å². The number of methoxy groups -OCH3 is 1. The zero-order valence-corrected chi connectivity index (χ0v) is 14.5. The number of hydrogen-bond acceptors (Lipinski definition) is 4. The van der Waals surface area contributed by atoms with Gasteiger partial charge in [-0.25, -0.2) is 0 Å². The fourth-order valence-electron chi connectivity index (χ4n) is 3.70. The molecule has 1 unspecified atom stereocenters. The van der Waals surface area contributed by atoms with Crippen LogP contribution < -0.4 is 0 Å². The van der Waals surface area contributed by atoms with Crippen LogP contribution in [0.3, 0.4) is 0 Å². The van der Waals surface area contributed by atoms with Crippen LogP contribution in [0.25, 0.3) is 0 Å². The Morgan fingerprint density at radius 3 is 2.35 bits per heavy atom. The van der Waals surface area contributed by atoms with E-state index in [0.29, 0.717) is 6.10 Å². The lowest BCUT2D eigenvalue weighted by atomic mass is 10.1. The van der Waals surface area contributed by atoms with Gasteiger partial charge >= 0.3 is 0 Å². The van der Waals surface area contributed by atoms with Gasteiger partial charge in [0.25, 0.3) is 0 Å². The van der Waals surface area contributed by atoms with E-state index in [2.05, 4.69) is 45.0 Å². The van der Waals surface area contributed by atoms with Crippen LogP contribution in [-0.2, 0) is 11.3 Å². The first-order valence-corrected chi connectivity index (χ1v) is 9.07. The number of piperazine rings is 1. The van der Waals surface area contributed by atoms with Crippen molar-refractivity contribution >= 4 is 0 Å². The van der Waals surface area contributed by atoms with Gasteiger partial charge < -0.3 is 4.74 Å². The van der Waals surface area contributed by atoms with Gasteiger partial charge in [0, 0.05) is 59.5 Å². The highest BCUT2D eigenvalue weighted by atomic mass is 16.5. The van der Waals surface area contributed by atoms with Gasteiger partial charge in [0.2, 0.25) is 0 Å². The molecule has 4 heteroatoms. The minimum atomic E-state index is 0.450. The SMILES string of the molecule is COC1CCCN(CCN2CCN(Cc3ccccc3)CC2)C1. The second-order valence-corrected chi connectivity index (χ2v) is 6.90. The van der Waals surface area contributed by atoms with Crippen molar-refractivity contribution in [3.8, 4) is 0 Å². The van der Waals surface area contributed by atoms with E-state index < -0.39 is 0 Å². The lowest BCUT2D eigenvalue weighted by molar-refractivity contribution is 0.0253. The molecule has 0 amide bonds. The van der Waals surface area contributed by atoms with Crippen LogP contribution in [0, 0.1) is 0 Å². The highest BCUT2D eigenvalue weighted by Crippen LogP contribution is 2.13. The molecular weight excluding hydrogens is 286 g/mol. The molecule has 2 fully saturated rings. The summed E-state index contributed by atoms with van der Waals surface area (Å²) in [5.41, 5.74) is 1.43. The minimum Gasteiger partial charge on any atom is -0.380 e. The van der Waals surface area contributed by atoms with E-state index in [0.717, 1.165) is 13.1 Å². The lowest BCUT2D eigenvalue weighted by Gasteiger charge is -2.37. The molecule has 2 aliphatic rings. The third kappa shape index (κ3) is 5.28. The summed E-state index contributed by atoms with van der Waals surface area (Å²) < 4.78 is 5.52. The topological polar surface area (TPSA) is 19.0 Å². The molecule has 2 aliphatic heterocycles. The molecule has 0 radical (unpaired) electrons. The predicted molar refractivity (Wildman–Crippen MR) is 94.6 cm³/mol. The smallest absolute Gasteiger partial charge is 0.0698 e. The number of likely N-dealkylation sites (tertiary alicyclic amines) is 1. The first-order chi connectivity index (χ1) is 11.3. The maximum Gasteiger partial charge on any atom is 0.0698 e. The van der Waals surface area contributed by atoms with Gasteiger partial charge in [-0.15, -0.1) is 0 Å². The Labute approximate surface area is 141 Å². The molecule has 2 saturated heterocycles. The molecule has 0 aromatic heterocycles. The van der Waals surface area contributed by atoms with Crippen molar-refractivity contribution in [2.24, 2.45) is 0 Å². The number of benzene rings is 1. The highest BCUT2D eigenvalue weighted by Gasteiger charge is 2.21. The summed E-state index contributed by atoms with van der Waals surface area (Å²) in [4.78, 5) is 7.78. The first-order valence-electron chi connectivity index (χ1n) is 9.07. The summed E-state index contributed by atoms with van der Waals surface area (Å²) in [5, 5.41) is 0. The zero-order chi connectivity index (χ0) is 15.9. The first kappa shape index (κ1) is 16.9. The molecule has 0 aliphatic carbocycles. The third-order valence-corrected chi connectivity index (χ3v) is 5.24. The van der Waals surface area contributed by atoms with Crippen LogP contribution in [0.1, 0.15) is 18.4 Å². The van der Waals surface area contributed by atoms with E-state index in [9.17, 15) is 0 Å². The second kappa shape index (κ2) is 8.78. The summed E-state index contributed by atoms with van der Waals surface area (Å²) in [5.74, 6) is 0. The van der Waals surface area contributed by atoms with Gasteiger partial charge in [-0.05, 0) is 24.9 Å². The maximum absolute atomic E-state index is 5.52. The molecule has 0 N–H and O–H groups in total. The molecule has 0 spiro atoms. The molecule has 3 rings (SSSR count). The van der Waals surface area contributed by atoms with E-state index in [1.807, 2.05) is 7.11 Å². The molecule has 0 saturated carbocycles. The number of hydrogen-bond donors (Lipinski definition) is 0. The van der Waals surface area contributed by atoms with Crippen LogP contribution in [-0.4, -0.2) is 80.3 Å². The van der Waals surface area contributed by atoms with Crippen molar-refractivity contribution in [2.75, 3.05) is 59.5 Å². The van der Waals surface area contributed by atoms with E-state index in [1.165, 1.54) is 64.2 Å². The van der Waals surface area contributed by atoms with E-state index >= 15 is 0 Å². The van der Waals surface area contributed by atoms with Crippen molar-refractivity contribution in [3.05, 3.63) is 35.9 Å². The Balaban J connectivity index is 1.34. The van der Waals surface area contributed by atoms with E-state index in [4.69, 9.17) is 4.74 Å². The van der Waals surface area contributed by atoms with Crippen LogP contribution in [0.4, 0.5) is 0 Å². The molecule has 1 aromatic rings. The van der Waals surface area contributed by atoms with Gasteiger partial charge in [0.05, 0.1) is 6.10 Å². The Hall–Kier alpha value is -0.940. The molecular formula is C19H31N3O. The summed E-state index contributed by atoms with van der Waals surface area (Å²) in [6, 6.07) is 10.8. The fourth-order valence-corrected chi connectivity index (χ4v) is 3.70. The summed E-state index contributed by atoms with van der Waals surface area (Å²) in [6.45, 7) is 10.6. The molecule has 1 aromatic carbocycles. The van der Waals surface area contributed by atoms with Gasteiger partial charge in [0.1, 0.15) is 0 Å². The standard InChI is InChI=1S/C19H31N3O/c1-23-19-8-5-9-21(17-19)13-10-20-11-14-22(15-12-20)16-18-6-3-2-4-7-18/h2-4,6-7,19H,5,8-17H2,1H3. The number of piperidine rings is 1.